The number of carboxylic acids is 1. The van der Waals surface area contributed by atoms with Crippen molar-refractivity contribution in [2.45, 2.75) is 19.9 Å². The molecule has 1 aromatic heterocycles. The van der Waals surface area contributed by atoms with Gasteiger partial charge >= 0.3 is 5.97 Å². The molecule has 1 aromatic carbocycles. The van der Waals surface area contributed by atoms with Crippen molar-refractivity contribution in [1.29, 1.82) is 0 Å². The third kappa shape index (κ3) is 2.36. The molecular formula is C13H14N2O2. The molecule has 17 heavy (non-hydrogen) atoms. The predicted molar refractivity (Wildman–Crippen MR) is 67.5 cm³/mol. The molecule has 4 heteroatoms. The fourth-order valence-electron chi connectivity index (χ4n) is 1.70. The van der Waals surface area contributed by atoms with Crippen molar-refractivity contribution >= 4 is 22.6 Å². The van der Waals surface area contributed by atoms with Crippen LogP contribution < -0.4 is 5.32 Å². The van der Waals surface area contributed by atoms with E-state index in [1.807, 2.05) is 19.9 Å². The van der Waals surface area contributed by atoms with Gasteiger partial charge < -0.3 is 10.4 Å². The first-order valence-corrected chi connectivity index (χ1v) is 5.46. The van der Waals surface area contributed by atoms with Crippen molar-refractivity contribution in [2.75, 3.05) is 5.32 Å². The van der Waals surface area contributed by atoms with Gasteiger partial charge in [0.2, 0.25) is 0 Å². The minimum absolute atomic E-state index is 0.284. The molecule has 0 atom stereocenters. The number of hydrogen-bond donors (Lipinski definition) is 2. The van der Waals surface area contributed by atoms with Crippen LogP contribution >= 0.6 is 0 Å². The predicted octanol–water partition coefficient (Wildman–Crippen LogP) is 2.75. The van der Waals surface area contributed by atoms with E-state index in [1.165, 1.54) is 0 Å². The Morgan fingerprint density at radius 1 is 1.35 bits per heavy atom. The topological polar surface area (TPSA) is 62.2 Å². The largest absolute Gasteiger partial charge is 0.478 e. The number of aromatic carboxylic acids is 1. The Kier molecular flexibility index (Phi) is 2.95. The highest BCUT2D eigenvalue weighted by Crippen LogP contribution is 2.22. The summed E-state index contributed by atoms with van der Waals surface area (Å²) in [5.74, 6) is -0.128. The Bertz CT molecular complexity index is 564. The average Bonchev–Trinajstić information content (AvgIpc) is 2.28. The summed E-state index contributed by atoms with van der Waals surface area (Å²) in [6.45, 7) is 4.07. The number of nitrogens with one attached hydrogen (secondary N) is 1. The van der Waals surface area contributed by atoms with Crippen LogP contribution in [0.4, 0.5) is 5.82 Å². The molecule has 0 aliphatic heterocycles. The number of benzene rings is 1. The van der Waals surface area contributed by atoms with Crippen molar-refractivity contribution in [3.63, 3.8) is 0 Å². The summed E-state index contributed by atoms with van der Waals surface area (Å²) >= 11 is 0. The second-order valence-electron chi connectivity index (χ2n) is 4.20. The maximum Gasteiger partial charge on any atom is 0.335 e. The lowest BCUT2D eigenvalue weighted by Gasteiger charge is -2.11. The van der Waals surface area contributed by atoms with E-state index >= 15 is 0 Å². The van der Waals surface area contributed by atoms with Gasteiger partial charge in [-0.15, -0.1) is 0 Å². The highest BCUT2D eigenvalue weighted by Gasteiger charge is 2.07. The Labute approximate surface area is 99.3 Å². The molecule has 0 fully saturated rings. The highest BCUT2D eigenvalue weighted by molar-refractivity contribution is 5.98. The van der Waals surface area contributed by atoms with Crippen molar-refractivity contribution in [3.8, 4) is 0 Å². The normalized spacial score (nSPS) is 10.8. The zero-order chi connectivity index (χ0) is 12.4. The molecule has 0 radical (unpaired) electrons. The highest BCUT2D eigenvalue weighted by atomic mass is 16.4. The Morgan fingerprint density at radius 2 is 2.12 bits per heavy atom. The first kappa shape index (κ1) is 11.4. The van der Waals surface area contributed by atoms with E-state index in [2.05, 4.69) is 10.3 Å². The van der Waals surface area contributed by atoms with Crippen LogP contribution in [0.25, 0.3) is 10.8 Å². The van der Waals surface area contributed by atoms with Crippen LogP contribution in [0, 0.1) is 0 Å². The summed E-state index contributed by atoms with van der Waals surface area (Å²) in [6.07, 6.45) is 1.68. The quantitative estimate of drug-likeness (QED) is 0.851. The lowest BCUT2D eigenvalue weighted by Crippen LogP contribution is -2.11. The molecule has 0 aliphatic carbocycles. The fraction of sp³-hybridized carbons (Fsp3) is 0.231. The van der Waals surface area contributed by atoms with Crippen LogP contribution in [0.15, 0.2) is 30.5 Å². The Hall–Kier alpha value is -2.10. The second-order valence-corrected chi connectivity index (χ2v) is 4.20. The summed E-state index contributed by atoms with van der Waals surface area (Å²) in [7, 11) is 0. The van der Waals surface area contributed by atoms with Gasteiger partial charge in [0.1, 0.15) is 5.82 Å². The summed E-state index contributed by atoms with van der Waals surface area (Å²) in [5, 5.41) is 14.0. The van der Waals surface area contributed by atoms with Crippen LogP contribution in [0.2, 0.25) is 0 Å². The Balaban J connectivity index is 2.54. The third-order valence-corrected chi connectivity index (χ3v) is 2.44. The number of fused-ring (bicyclic) bond motifs is 1. The van der Waals surface area contributed by atoms with E-state index in [4.69, 9.17) is 5.11 Å². The van der Waals surface area contributed by atoms with Gasteiger partial charge in [0.05, 0.1) is 5.56 Å². The number of anilines is 1. The first-order valence-electron chi connectivity index (χ1n) is 5.46. The first-order chi connectivity index (χ1) is 8.08. The van der Waals surface area contributed by atoms with Crippen molar-refractivity contribution < 1.29 is 9.90 Å². The van der Waals surface area contributed by atoms with Gasteiger partial charge in [-0.1, -0.05) is 0 Å². The van der Waals surface area contributed by atoms with Crippen LogP contribution in [0.1, 0.15) is 24.2 Å². The van der Waals surface area contributed by atoms with E-state index in [-0.39, 0.29) is 6.04 Å². The summed E-state index contributed by atoms with van der Waals surface area (Å²) in [6, 6.07) is 7.14. The van der Waals surface area contributed by atoms with Gasteiger partial charge in [-0.25, -0.2) is 9.78 Å². The SMILES string of the molecule is CC(C)Nc1nccc2cc(C(=O)O)ccc12. The number of hydrogen-bond acceptors (Lipinski definition) is 3. The molecule has 2 N–H and O–H groups in total. The van der Waals surface area contributed by atoms with Crippen LogP contribution in [0.5, 0.6) is 0 Å². The van der Waals surface area contributed by atoms with Gasteiger partial charge in [-0.05, 0) is 43.5 Å². The molecule has 0 saturated carbocycles. The minimum atomic E-state index is -0.915. The number of rotatable bonds is 3. The van der Waals surface area contributed by atoms with Crippen LogP contribution in [0.3, 0.4) is 0 Å². The van der Waals surface area contributed by atoms with Gasteiger partial charge in [0, 0.05) is 17.6 Å². The maximum atomic E-state index is 10.9. The molecule has 88 valence electrons. The zero-order valence-electron chi connectivity index (χ0n) is 9.77. The lowest BCUT2D eigenvalue weighted by atomic mass is 10.1. The molecule has 0 amide bonds. The molecule has 0 spiro atoms. The third-order valence-electron chi connectivity index (χ3n) is 2.44. The average molecular weight is 230 g/mol. The molecule has 0 aliphatic rings. The number of aromatic nitrogens is 1. The van der Waals surface area contributed by atoms with Gasteiger partial charge in [-0.3, -0.25) is 0 Å². The standard InChI is InChI=1S/C13H14N2O2/c1-8(2)15-12-11-4-3-10(13(16)17)7-9(11)5-6-14-12/h3-8H,1-2H3,(H,14,15)(H,16,17). The van der Waals surface area contributed by atoms with Crippen LogP contribution in [-0.4, -0.2) is 22.1 Å². The van der Waals surface area contributed by atoms with Crippen molar-refractivity contribution in [2.24, 2.45) is 0 Å². The lowest BCUT2D eigenvalue weighted by molar-refractivity contribution is 0.0697. The second kappa shape index (κ2) is 4.41. The maximum absolute atomic E-state index is 10.9. The molecule has 2 rings (SSSR count). The van der Waals surface area contributed by atoms with Gasteiger partial charge in [0.15, 0.2) is 0 Å². The van der Waals surface area contributed by atoms with Crippen LogP contribution in [-0.2, 0) is 0 Å². The molecule has 2 aromatic rings. The number of carbonyl (C=O) groups is 1. The minimum Gasteiger partial charge on any atom is -0.478 e. The molecular weight excluding hydrogens is 216 g/mol. The summed E-state index contributed by atoms with van der Waals surface area (Å²) in [4.78, 5) is 15.1. The fourth-order valence-corrected chi connectivity index (χ4v) is 1.70. The number of nitrogens with zero attached hydrogens (tertiary/aromatic N) is 1. The van der Waals surface area contributed by atoms with Crippen molar-refractivity contribution in [3.05, 3.63) is 36.0 Å². The monoisotopic (exact) mass is 230 g/mol. The van der Waals surface area contributed by atoms with E-state index in [1.54, 1.807) is 24.4 Å². The summed E-state index contributed by atoms with van der Waals surface area (Å²) < 4.78 is 0. The number of carboxylic acid groups (broad SMARTS) is 1. The Morgan fingerprint density at radius 3 is 2.76 bits per heavy atom. The van der Waals surface area contributed by atoms with Gasteiger partial charge in [0.25, 0.3) is 0 Å². The van der Waals surface area contributed by atoms with E-state index in [9.17, 15) is 4.79 Å². The van der Waals surface area contributed by atoms with E-state index in [0.29, 0.717) is 5.56 Å². The molecule has 0 bridgehead atoms. The van der Waals surface area contributed by atoms with E-state index < -0.39 is 5.97 Å². The molecule has 0 unspecified atom stereocenters. The molecule has 1 heterocycles. The number of pyridine rings is 1. The summed E-state index contributed by atoms with van der Waals surface area (Å²) in [5.41, 5.74) is 0.291. The zero-order valence-corrected chi connectivity index (χ0v) is 9.77. The molecule has 0 saturated heterocycles. The van der Waals surface area contributed by atoms with Gasteiger partial charge in [-0.2, -0.15) is 0 Å². The van der Waals surface area contributed by atoms with E-state index in [0.717, 1.165) is 16.6 Å². The van der Waals surface area contributed by atoms with Crippen molar-refractivity contribution in [1.82, 2.24) is 4.98 Å². The smallest absolute Gasteiger partial charge is 0.335 e. The molecule has 4 nitrogen and oxygen atoms in total.